The first-order chi connectivity index (χ1) is 7.70. The molecule has 0 saturated heterocycles. The van der Waals surface area contributed by atoms with Crippen LogP contribution in [0.25, 0.3) is 0 Å². The van der Waals surface area contributed by atoms with E-state index in [0.717, 1.165) is 30.0 Å². The molecule has 0 aromatic heterocycles. The molecule has 0 heterocycles. The molecule has 1 N–H and O–H groups in total. The van der Waals surface area contributed by atoms with Crippen molar-refractivity contribution in [3.8, 4) is 11.5 Å². The number of benzene rings is 1. The van der Waals surface area contributed by atoms with E-state index in [1.807, 2.05) is 39.1 Å². The molecule has 0 radical (unpaired) electrons. The van der Waals surface area contributed by atoms with E-state index in [9.17, 15) is 0 Å². The SMILES string of the molecule is CNc1cccc(OC2CC2)c1OC(C)C. The lowest BCUT2D eigenvalue weighted by Gasteiger charge is -2.18. The minimum absolute atomic E-state index is 0.149. The summed E-state index contributed by atoms with van der Waals surface area (Å²) in [4.78, 5) is 0. The zero-order chi connectivity index (χ0) is 11.5. The van der Waals surface area contributed by atoms with Crippen LogP contribution in [-0.2, 0) is 0 Å². The van der Waals surface area contributed by atoms with Gasteiger partial charge in [-0.1, -0.05) is 6.07 Å². The molecule has 3 nitrogen and oxygen atoms in total. The van der Waals surface area contributed by atoms with Gasteiger partial charge < -0.3 is 14.8 Å². The van der Waals surface area contributed by atoms with Gasteiger partial charge in [-0.3, -0.25) is 0 Å². The molecule has 0 amide bonds. The summed E-state index contributed by atoms with van der Waals surface area (Å²) in [5.74, 6) is 1.68. The highest BCUT2D eigenvalue weighted by Crippen LogP contribution is 2.39. The van der Waals surface area contributed by atoms with Gasteiger partial charge >= 0.3 is 0 Å². The van der Waals surface area contributed by atoms with Crippen LogP contribution in [0.5, 0.6) is 11.5 Å². The van der Waals surface area contributed by atoms with E-state index in [1.54, 1.807) is 0 Å². The molecule has 16 heavy (non-hydrogen) atoms. The zero-order valence-electron chi connectivity index (χ0n) is 10.1. The fourth-order valence-corrected chi connectivity index (χ4v) is 1.53. The third kappa shape index (κ3) is 2.60. The molecular formula is C13H19NO2. The molecule has 0 atom stereocenters. The lowest BCUT2D eigenvalue weighted by atomic mass is 10.2. The number of ether oxygens (including phenoxy) is 2. The van der Waals surface area contributed by atoms with Gasteiger partial charge in [-0.05, 0) is 38.8 Å². The van der Waals surface area contributed by atoms with Crippen LogP contribution in [-0.4, -0.2) is 19.3 Å². The summed E-state index contributed by atoms with van der Waals surface area (Å²) in [5.41, 5.74) is 0.979. The largest absolute Gasteiger partial charge is 0.486 e. The standard InChI is InChI=1S/C13H19NO2/c1-9(2)15-13-11(14-3)5-4-6-12(13)16-10-7-8-10/h4-6,9-10,14H,7-8H2,1-3H3. The quantitative estimate of drug-likeness (QED) is 0.829. The molecule has 1 fully saturated rings. The molecule has 88 valence electrons. The Morgan fingerprint density at radius 1 is 1.31 bits per heavy atom. The molecule has 0 spiro atoms. The van der Waals surface area contributed by atoms with E-state index >= 15 is 0 Å². The predicted molar refractivity (Wildman–Crippen MR) is 65.4 cm³/mol. The van der Waals surface area contributed by atoms with Gasteiger partial charge in [-0.15, -0.1) is 0 Å². The minimum Gasteiger partial charge on any atom is -0.486 e. The molecule has 1 aliphatic carbocycles. The second kappa shape index (κ2) is 4.64. The molecule has 1 saturated carbocycles. The van der Waals surface area contributed by atoms with Crippen molar-refractivity contribution >= 4 is 5.69 Å². The molecule has 2 rings (SSSR count). The van der Waals surface area contributed by atoms with Crippen molar-refractivity contribution in [2.45, 2.75) is 38.9 Å². The van der Waals surface area contributed by atoms with Crippen molar-refractivity contribution in [3.05, 3.63) is 18.2 Å². The second-order valence-electron chi connectivity index (χ2n) is 4.37. The summed E-state index contributed by atoms with van der Waals surface area (Å²) in [5, 5.41) is 3.13. The molecular weight excluding hydrogens is 202 g/mol. The van der Waals surface area contributed by atoms with Crippen molar-refractivity contribution in [1.82, 2.24) is 0 Å². The van der Waals surface area contributed by atoms with Gasteiger partial charge in [0, 0.05) is 7.05 Å². The highest BCUT2D eigenvalue weighted by molar-refractivity contribution is 5.63. The van der Waals surface area contributed by atoms with E-state index in [-0.39, 0.29) is 6.10 Å². The lowest BCUT2D eigenvalue weighted by molar-refractivity contribution is 0.219. The first kappa shape index (κ1) is 11.1. The number of hydrogen-bond donors (Lipinski definition) is 1. The van der Waals surface area contributed by atoms with Gasteiger partial charge in [-0.2, -0.15) is 0 Å². The van der Waals surface area contributed by atoms with Crippen LogP contribution in [0.1, 0.15) is 26.7 Å². The molecule has 1 aliphatic rings. The summed E-state index contributed by atoms with van der Waals surface area (Å²) in [6.45, 7) is 4.04. The Labute approximate surface area is 96.8 Å². The Balaban J connectivity index is 2.25. The minimum atomic E-state index is 0.149. The van der Waals surface area contributed by atoms with E-state index in [1.165, 1.54) is 0 Å². The van der Waals surface area contributed by atoms with Gasteiger partial charge in [0.05, 0.1) is 17.9 Å². The second-order valence-corrected chi connectivity index (χ2v) is 4.37. The summed E-state index contributed by atoms with van der Waals surface area (Å²) in [6.07, 6.45) is 2.85. The molecule has 0 aliphatic heterocycles. The lowest BCUT2D eigenvalue weighted by Crippen LogP contribution is -2.09. The van der Waals surface area contributed by atoms with Crippen molar-refractivity contribution in [2.75, 3.05) is 12.4 Å². The average molecular weight is 221 g/mol. The van der Waals surface area contributed by atoms with Crippen molar-refractivity contribution < 1.29 is 9.47 Å². The van der Waals surface area contributed by atoms with Crippen molar-refractivity contribution in [2.24, 2.45) is 0 Å². The maximum absolute atomic E-state index is 5.83. The number of rotatable bonds is 5. The van der Waals surface area contributed by atoms with Crippen LogP contribution in [0, 0.1) is 0 Å². The van der Waals surface area contributed by atoms with Gasteiger partial charge in [0.25, 0.3) is 0 Å². The predicted octanol–water partition coefficient (Wildman–Crippen LogP) is 3.06. The highest BCUT2D eigenvalue weighted by atomic mass is 16.5. The number of anilines is 1. The van der Waals surface area contributed by atoms with Crippen molar-refractivity contribution in [1.29, 1.82) is 0 Å². The van der Waals surface area contributed by atoms with E-state index in [0.29, 0.717) is 6.10 Å². The van der Waals surface area contributed by atoms with Crippen LogP contribution < -0.4 is 14.8 Å². The topological polar surface area (TPSA) is 30.5 Å². The maximum atomic E-state index is 5.83. The molecule has 0 bridgehead atoms. The van der Waals surface area contributed by atoms with Crippen LogP contribution in [0.3, 0.4) is 0 Å². The monoisotopic (exact) mass is 221 g/mol. The summed E-state index contributed by atoms with van der Waals surface area (Å²) >= 11 is 0. The Kier molecular flexibility index (Phi) is 3.22. The van der Waals surface area contributed by atoms with E-state index in [2.05, 4.69) is 5.32 Å². The third-order valence-electron chi connectivity index (χ3n) is 2.42. The van der Waals surface area contributed by atoms with Gasteiger partial charge in [0.2, 0.25) is 0 Å². The van der Waals surface area contributed by atoms with Gasteiger partial charge in [0.1, 0.15) is 0 Å². The smallest absolute Gasteiger partial charge is 0.184 e. The summed E-state index contributed by atoms with van der Waals surface area (Å²) in [6, 6.07) is 5.95. The Bertz CT molecular complexity index is 359. The third-order valence-corrected chi connectivity index (χ3v) is 2.42. The molecule has 3 heteroatoms. The number of nitrogens with one attached hydrogen (secondary N) is 1. The highest BCUT2D eigenvalue weighted by Gasteiger charge is 2.25. The van der Waals surface area contributed by atoms with Crippen LogP contribution in [0.4, 0.5) is 5.69 Å². The summed E-state index contributed by atoms with van der Waals surface area (Å²) in [7, 11) is 1.89. The van der Waals surface area contributed by atoms with Crippen molar-refractivity contribution in [3.63, 3.8) is 0 Å². The fourth-order valence-electron chi connectivity index (χ4n) is 1.53. The zero-order valence-corrected chi connectivity index (χ0v) is 10.1. The van der Waals surface area contributed by atoms with Crippen LogP contribution in [0.2, 0.25) is 0 Å². The first-order valence-corrected chi connectivity index (χ1v) is 5.84. The van der Waals surface area contributed by atoms with Gasteiger partial charge in [0.15, 0.2) is 11.5 Å². The maximum Gasteiger partial charge on any atom is 0.184 e. The molecule has 1 aromatic carbocycles. The van der Waals surface area contributed by atoms with Gasteiger partial charge in [-0.25, -0.2) is 0 Å². The molecule has 1 aromatic rings. The fraction of sp³-hybridized carbons (Fsp3) is 0.538. The Hall–Kier alpha value is -1.38. The number of hydrogen-bond acceptors (Lipinski definition) is 3. The van der Waals surface area contributed by atoms with Crippen LogP contribution in [0.15, 0.2) is 18.2 Å². The van der Waals surface area contributed by atoms with E-state index in [4.69, 9.17) is 9.47 Å². The first-order valence-electron chi connectivity index (χ1n) is 5.84. The van der Waals surface area contributed by atoms with Crippen LogP contribution >= 0.6 is 0 Å². The number of para-hydroxylation sites is 1. The Morgan fingerprint density at radius 3 is 2.62 bits per heavy atom. The average Bonchev–Trinajstić information content (AvgIpc) is 3.04. The Morgan fingerprint density at radius 2 is 2.06 bits per heavy atom. The normalized spacial score (nSPS) is 15.0. The van der Waals surface area contributed by atoms with E-state index < -0.39 is 0 Å². The molecule has 0 unspecified atom stereocenters. The summed E-state index contributed by atoms with van der Waals surface area (Å²) < 4.78 is 11.6.